The van der Waals surface area contributed by atoms with Crippen molar-refractivity contribution >= 4 is 34.1 Å². The average Bonchev–Trinajstić information content (AvgIpc) is 2.87. The summed E-state index contributed by atoms with van der Waals surface area (Å²) in [4.78, 5) is 34.1. The highest BCUT2D eigenvalue weighted by Crippen LogP contribution is 2.38. The minimum Gasteiger partial charge on any atom is -0.306 e. The maximum absolute atomic E-state index is 12.9. The fraction of sp³-hybridized carbons (Fsp3) is 0.150. The number of hydrogen-bond donors (Lipinski definition) is 1. The number of benzene rings is 2. The zero-order valence-corrected chi connectivity index (χ0v) is 14.0. The number of aromatic nitrogens is 2. The van der Waals surface area contributed by atoms with E-state index in [2.05, 4.69) is 9.97 Å². The summed E-state index contributed by atoms with van der Waals surface area (Å²) in [6.07, 6.45) is 1.66. The third-order valence-electron chi connectivity index (χ3n) is 4.33. The SMILES string of the molecule is CC(C)N1C(=O)/C(=C\c2nc3ccccc3c(=O)[nH]2)c2ccccc21. The molecule has 0 saturated heterocycles. The van der Waals surface area contributed by atoms with Crippen molar-refractivity contribution in [2.24, 2.45) is 0 Å². The van der Waals surface area contributed by atoms with Gasteiger partial charge >= 0.3 is 0 Å². The van der Waals surface area contributed by atoms with Gasteiger partial charge in [0.05, 0.1) is 22.2 Å². The van der Waals surface area contributed by atoms with Crippen LogP contribution in [0, 0.1) is 0 Å². The number of nitrogens with one attached hydrogen (secondary N) is 1. The van der Waals surface area contributed by atoms with Crippen molar-refractivity contribution in [3.05, 3.63) is 70.3 Å². The van der Waals surface area contributed by atoms with Crippen molar-refractivity contribution in [3.8, 4) is 0 Å². The zero-order valence-electron chi connectivity index (χ0n) is 14.0. The summed E-state index contributed by atoms with van der Waals surface area (Å²) in [5, 5.41) is 0.534. The Balaban J connectivity index is 1.90. The molecule has 1 aromatic heterocycles. The number of fused-ring (bicyclic) bond motifs is 2. The number of H-pyrrole nitrogens is 1. The van der Waals surface area contributed by atoms with Crippen LogP contribution in [0.3, 0.4) is 0 Å². The third-order valence-corrected chi connectivity index (χ3v) is 4.33. The second-order valence-electron chi connectivity index (χ2n) is 6.31. The van der Waals surface area contributed by atoms with Gasteiger partial charge in [-0.15, -0.1) is 0 Å². The lowest BCUT2D eigenvalue weighted by Gasteiger charge is -2.21. The van der Waals surface area contributed by atoms with E-state index in [-0.39, 0.29) is 17.5 Å². The molecule has 1 aliphatic rings. The molecule has 0 unspecified atom stereocenters. The van der Waals surface area contributed by atoms with E-state index < -0.39 is 0 Å². The molecule has 2 aromatic carbocycles. The van der Waals surface area contributed by atoms with E-state index in [1.165, 1.54) is 0 Å². The van der Waals surface area contributed by atoms with Gasteiger partial charge < -0.3 is 9.88 Å². The van der Waals surface area contributed by atoms with E-state index in [1.807, 2.05) is 44.2 Å². The standard InChI is InChI=1S/C20H17N3O2/c1-12(2)23-17-10-6-4-7-13(17)15(20(23)25)11-18-21-16-9-5-3-8-14(16)19(24)22-18/h3-12H,1-2H3,(H,21,22,24)/b15-11-. The van der Waals surface area contributed by atoms with Gasteiger partial charge in [-0.25, -0.2) is 4.98 Å². The molecule has 1 N–H and O–H groups in total. The number of hydrogen-bond acceptors (Lipinski definition) is 3. The number of carbonyl (C=O) groups excluding carboxylic acids is 1. The summed E-state index contributed by atoms with van der Waals surface area (Å²) in [5.41, 5.74) is 2.69. The van der Waals surface area contributed by atoms with Gasteiger partial charge in [0.15, 0.2) is 0 Å². The summed E-state index contributed by atoms with van der Waals surface area (Å²) in [6.45, 7) is 3.96. The van der Waals surface area contributed by atoms with Gasteiger partial charge in [-0.2, -0.15) is 0 Å². The summed E-state index contributed by atoms with van der Waals surface area (Å²) in [5.74, 6) is 0.305. The van der Waals surface area contributed by atoms with Crippen LogP contribution in [0.15, 0.2) is 53.3 Å². The van der Waals surface area contributed by atoms with Crippen molar-refractivity contribution < 1.29 is 4.79 Å². The Kier molecular flexibility index (Phi) is 3.50. The van der Waals surface area contributed by atoms with E-state index in [9.17, 15) is 9.59 Å². The molecule has 3 aromatic rings. The quantitative estimate of drug-likeness (QED) is 0.733. The molecule has 0 spiro atoms. The normalized spacial score (nSPS) is 15.4. The molecule has 0 saturated carbocycles. The Morgan fingerprint density at radius 1 is 1.04 bits per heavy atom. The fourth-order valence-corrected chi connectivity index (χ4v) is 3.23. The first-order valence-corrected chi connectivity index (χ1v) is 8.20. The van der Waals surface area contributed by atoms with Crippen LogP contribution < -0.4 is 10.5 Å². The average molecular weight is 331 g/mol. The number of rotatable bonds is 2. The first-order valence-electron chi connectivity index (χ1n) is 8.20. The van der Waals surface area contributed by atoms with Crippen molar-refractivity contribution in [1.29, 1.82) is 0 Å². The van der Waals surface area contributed by atoms with Gasteiger partial charge in [-0.05, 0) is 38.1 Å². The van der Waals surface area contributed by atoms with Gasteiger partial charge in [0, 0.05) is 11.6 Å². The molecule has 0 aliphatic carbocycles. The maximum atomic E-state index is 12.9. The van der Waals surface area contributed by atoms with Crippen LogP contribution in [-0.2, 0) is 4.79 Å². The molecule has 5 nitrogen and oxygen atoms in total. The van der Waals surface area contributed by atoms with E-state index in [1.54, 1.807) is 29.2 Å². The van der Waals surface area contributed by atoms with Crippen LogP contribution in [0.2, 0.25) is 0 Å². The van der Waals surface area contributed by atoms with Crippen molar-refractivity contribution in [2.45, 2.75) is 19.9 Å². The van der Waals surface area contributed by atoms with Gasteiger partial charge in [0.2, 0.25) is 0 Å². The second kappa shape index (κ2) is 5.70. The van der Waals surface area contributed by atoms with Crippen molar-refractivity contribution in [2.75, 3.05) is 4.90 Å². The van der Waals surface area contributed by atoms with Gasteiger partial charge in [0.25, 0.3) is 11.5 Å². The molecule has 1 aliphatic heterocycles. The predicted octanol–water partition coefficient (Wildman–Crippen LogP) is 3.22. The van der Waals surface area contributed by atoms with Crippen LogP contribution in [-0.4, -0.2) is 21.9 Å². The van der Waals surface area contributed by atoms with E-state index >= 15 is 0 Å². The lowest BCUT2D eigenvalue weighted by atomic mass is 10.1. The molecule has 25 heavy (non-hydrogen) atoms. The molecule has 0 atom stereocenters. The number of aromatic amines is 1. The van der Waals surface area contributed by atoms with E-state index in [0.29, 0.717) is 22.3 Å². The first-order chi connectivity index (χ1) is 12.1. The number of nitrogens with zero attached hydrogens (tertiary/aromatic N) is 2. The van der Waals surface area contributed by atoms with Crippen LogP contribution >= 0.6 is 0 Å². The number of carbonyl (C=O) groups is 1. The molecule has 0 bridgehead atoms. The fourth-order valence-electron chi connectivity index (χ4n) is 3.23. The molecule has 0 fully saturated rings. The smallest absolute Gasteiger partial charge is 0.259 e. The van der Waals surface area contributed by atoms with Gasteiger partial charge in [0.1, 0.15) is 5.82 Å². The Morgan fingerprint density at radius 2 is 1.76 bits per heavy atom. The van der Waals surface area contributed by atoms with E-state index in [4.69, 9.17) is 0 Å². The molecule has 2 heterocycles. The Labute approximate surface area is 144 Å². The van der Waals surface area contributed by atoms with Gasteiger partial charge in [-0.1, -0.05) is 30.3 Å². The molecule has 0 radical (unpaired) electrons. The third kappa shape index (κ3) is 2.45. The maximum Gasteiger partial charge on any atom is 0.259 e. The van der Waals surface area contributed by atoms with Crippen LogP contribution in [0.25, 0.3) is 22.6 Å². The monoisotopic (exact) mass is 331 g/mol. The summed E-state index contributed by atoms with van der Waals surface area (Å²) in [7, 11) is 0. The molecule has 4 rings (SSSR count). The lowest BCUT2D eigenvalue weighted by Crippen LogP contribution is -2.33. The molecule has 1 amide bonds. The minimum absolute atomic E-state index is 0.0446. The molecular formula is C20H17N3O2. The first kappa shape index (κ1) is 15.3. The molecule has 5 heteroatoms. The van der Waals surface area contributed by atoms with E-state index in [0.717, 1.165) is 11.3 Å². The summed E-state index contributed by atoms with van der Waals surface area (Å²) >= 11 is 0. The Morgan fingerprint density at radius 3 is 2.56 bits per heavy atom. The van der Waals surface area contributed by atoms with Gasteiger partial charge in [-0.3, -0.25) is 9.59 Å². The van der Waals surface area contributed by atoms with Crippen LogP contribution in [0.5, 0.6) is 0 Å². The zero-order chi connectivity index (χ0) is 17.6. The topological polar surface area (TPSA) is 66.1 Å². The van der Waals surface area contributed by atoms with Crippen molar-refractivity contribution in [1.82, 2.24) is 9.97 Å². The second-order valence-corrected chi connectivity index (χ2v) is 6.31. The number of anilines is 1. The lowest BCUT2D eigenvalue weighted by molar-refractivity contribution is -0.113. The highest BCUT2D eigenvalue weighted by Gasteiger charge is 2.33. The predicted molar refractivity (Wildman–Crippen MR) is 99.3 cm³/mol. The molecular weight excluding hydrogens is 314 g/mol. The highest BCUT2D eigenvalue weighted by molar-refractivity contribution is 6.35. The largest absolute Gasteiger partial charge is 0.306 e. The highest BCUT2D eigenvalue weighted by atomic mass is 16.2. The molecule has 124 valence electrons. The Bertz CT molecular complexity index is 1080. The number of para-hydroxylation sites is 2. The minimum atomic E-state index is -0.211. The summed E-state index contributed by atoms with van der Waals surface area (Å²) < 4.78 is 0. The van der Waals surface area contributed by atoms with Crippen molar-refractivity contribution in [3.63, 3.8) is 0 Å². The number of amides is 1. The Hall–Kier alpha value is -3.21. The van der Waals surface area contributed by atoms with Crippen LogP contribution in [0.1, 0.15) is 25.2 Å². The van der Waals surface area contributed by atoms with Crippen LogP contribution in [0.4, 0.5) is 5.69 Å². The summed E-state index contributed by atoms with van der Waals surface area (Å²) in [6, 6.07) is 14.9.